The summed E-state index contributed by atoms with van der Waals surface area (Å²) in [5.74, 6) is -0.760. The van der Waals surface area contributed by atoms with E-state index in [0.717, 1.165) is 5.56 Å². The minimum absolute atomic E-state index is 0.239. The molecule has 0 bridgehead atoms. The van der Waals surface area contributed by atoms with Gasteiger partial charge in [0.2, 0.25) is 0 Å². The van der Waals surface area contributed by atoms with E-state index in [2.05, 4.69) is 0 Å². The second-order valence-electron chi connectivity index (χ2n) is 5.77. The summed E-state index contributed by atoms with van der Waals surface area (Å²) < 4.78 is 5.18. The van der Waals surface area contributed by atoms with Crippen molar-refractivity contribution in [3.63, 3.8) is 0 Å². The van der Waals surface area contributed by atoms with Crippen molar-refractivity contribution >= 4 is 35.2 Å². The van der Waals surface area contributed by atoms with Gasteiger partial charge in [0.25, 0.3) is 5.91 Å². The number of para-hydroxylation sites is 1. The lowest BCUT2D eigenvalue weighted by Crippen LogP contribution is -2.24. The zero-order valence-corrected chi connectivity index (χ0v) is 15.3. The van der Waals surface area contributed by atoms with E-state index in [1.165, 1.54) is 4.90 Å². The Kier molecular flexibility index (Phi) is 5.24. The maximum atomic E-state index is 13.1. The van der Waals surface area contributed by atoms with Gasteiger partial charge in [0.1, 0.15) is 0 Å². The molecular weight excluding hydrogens is 350 g/mol. The van der Waals surface area contributed by atoms with Crippen LogP contribution in [0.5, 0.6) is 0 Å². The Bertz CT molecular complexity index is 899. The van der Waals surface area contributed by atoms with Crippen molar-refractivity contribution in [1.82, 2.24) is 0 Å². The summed E-state index contributed by atoms with van der Waals surface area (Å²) in [6.45, 7) is 3.73. The summed E-state index contributed by atoms with van der Waals surface area (Å²) in [7, 11) is 0. The highest BCUT2D eigenvalue weighted by Crippen LogP contribution is 2.35. The van der Waals surface area contributed by atoms with Crippen LogP contribution in [0.15, 0.2) is 71.4 Å². The minimum atomic E-state index is -0.503. The van der Waals surface area contributed by atoms with Crippen molar-refractivity contribution in [2.75, 3.05) is 11.5 Å². The van der Waals surface area contributed by atoms with Gasteiger partial charge in [-0.15, -0.1) is 0 Å². The number of hydrogen-bond acceptors (Lipinski definition) is 3. The Hall–Kier alpha value is -2.85. The monoisotopic (exact) mass is 367 g/mol. The standard InChI is InChI=1S/C21H18ClNO3/c1-3-26-21(25)19-14(2)23(17-7-5-4-6-8-17)20(24)18(19)13-15-9-11-16(22)12-10-15/h4-13H,3H2,1-2H3/b18-13-. The second kappa shape index (κ2) is 7.58. The first-order valence-electron chi connectivity index (χ1n) is 8.28. The lowest BCUT2D eigenvalue weighted by atomic mass is 10.0. The lowest BCUT2D eigenvalue weighted by Gasteiger charge is -2.17. The first-order valence-corrected chi connectivity index (χ1v) is 8.66. The van der Waals surface area contributed by atoms with E-state index in [-0.39, 0.29) is 18.1 Å². The van der Waals surface area contributed by atoms with E-state index in [4.69, 9.17) is 16.3 Å². The molecule has 0 spiro atoms. The van der Waals surface area contributed by atoms with Crippen LogP contribution in [0.4, 0.5) is 5.69 Å². The molecule has 3 rings (SSSR count). The van der Waals surface area contributed by atoms with Crippen molar-refractivity contribution in [2.45, 2.75) is 13.8 Å². The number of hydrogen-bond donors (Lipinski definition) is 0. The Morgan fingerprint density at radius 3 is 2.38 bits per heavy atom. The number of rotatable bonds is 4. The number of ether oxygens (including phenoxy) is 1. The Labute approximate surface area is 157 Å². The molecule has 5 heteroatoms. The van der Waals surface area contributed by atoms with Crippen molar-refractivity contribution in [3.8, 4) is 0 Å². The molecule has 26 heavy (non-hydrogen) atoms. The minimum Gasteiger partial charge on any atom is -0.462 e. The van der Waals surface area contributed by atoms with Gasteiger partial charge in [0.05, 0.1) is 17.8 Å². The third-order valence-electron chi connectivity index (χ3n) is 4.08. The number of esters is 1. The fourth-order valence-corrected chi connectivity index (χ4v) is 3.02. The Morgan fingerprint density at radius 1 is 1.12 bits per heavy atom. The molecule has 0 saturated carbocycles. The van der Waals surface area contributed by atoms with Gasteiger partial charge >= 0.3 is 5.97 Å². The number of carbonyl (C=O) groups excluding carboxylic acids is 2. The summed E-state index contributed by atoms with van der Waals surface area (Å²) in [6, 6.07) is 16.3. The average Bonchev–Trinajstić information content (AvgIpc) is 2.88. The molecule has 0 aromatic heterocycles. The van der Waals surface area contributed by atoms with Crippen LogP contribution in [0.2, 0.25) is 5.02 Å². The Balaban J connectivity index is 2.11. The topological polar surface area (TPSA) is 46.6 Å². The van der Waals surface area contributed by atoms with Crippen LogP contribution in [0.3, 0.4) is 0 Å². The fraction of sp³-hybridized carbons (Fsp3) is 0.143. The Morgan fingerprint density at radius 2 is 1.77 bits per heavy atom. The van der Waals surface area contributed by atoms with E-state index < -0.39 is 5.97 Å². The molecule has 4 nitrogen and oxygen atoms in total. The van der Waals surface area contributed by atoms with Crippen LogP contribution < -0.4 is 4.90 Å². The summed E-state index contributed by atoms with van der Waals surface area (Å²) in [6.07, 6.45) is 1.69. The average molecular weight is 368 g/mol. The van der Waals surface area contributed by atoms with Gasteiger partial charge in [0, 0.05) is 16.4 Å². The molecule has 0 N–H and O–H groups in total. The molecule has 132 valence electrons. The van der Waals surface area contributed by atoms with Gasteiger partial charge in [-0.25, -0.2) is 4.79 Å². The molecule has 0 atom stereocenters. The van der Waals surface area contributed by atoms with E-state index in [9.17, 15) is 9.59 Å². The third-order valence-corrected chi connectivity index (χ3v) is 4.33. The largest absolute Gasteiger partial charge is 0.462 e. The summed E-state index contributed by atoms with van der Waals surface area (Å²) in [4.78, 5) is 27.1. The molecule has 1 heterocycles. The smallest absolute Gasteiger partial charge is 0.340 e. The van der Waals surface area contributed by atoms with Crippen LogP contribution in [0.1, 0.15) is 19.4 Å². The van der Waals surface area contributed by atoms with Crippen molar-refractivity contribution < 1.29 is 14.3 Å². The van der Waals surface area contributed by atoms with Crippen LogP contribution in [0.25, 0.3) is 6.08 Å². The highest BCUT2D eigenvalue weighted by atomic mass is 35.5. The fourth-order valence-electron chi connectivity index (χ4n) is 2.89. The molecule has 2 aromatic rings. The summed E-state index contributed by atoms with van der Waals surface area (Å²) >= 11 is 5.92. The van der Waals surface area contributed by atoms with E-state index >= 15 is 0 Å². The summed E-state index contributed by atoms with van der Waals surface area (Å²) in [5.41, 5.74) is 2.64. The van der Waals surface area contributed by atoms with Gasteiger partial charge in [-0.05, 0) is 49.8 Å². The third kappa shape index (κ3) is 3.41. The normalized spacial score (nSPS) is 15.7. The number of halogens is 1. The predicted octanol–water partition coefficient (Wildman–Crippen LogP) is 4.61. The lowest BCUT2D eigenvalue weighted by molar-refractivity contribution is -0.138. The first-order chi connectivity index (χ1) is 12.5. The highest BCUT2D eigenvalue weighted by molar-refractivity contribution is 6.30. The van der Waals surface area contributed by atoms with Gasteiger partial charge in [-0.1, -0.05) is 41.9 Å². The van der Waals surface area contributed by atoms with Crippen LogP contribution in [-0.2, 0) is 14.3 Å². The van der Waals surface area contributed by atoms with Gasteiger partial charge in [0.15, 0.2) is 0 Å². The molecule has 1 aliphatic heterocycles. The van der Waals surface area contributed by atoms with E-state index in [1.54, 1.807) is 44.2 Å². The number of carbonyl (C=O) groups is 2. The molecular formula is C21H18ClNO3. The first kappa shape index (κ1) is 18.0. The molecule has 0 radical (unpaired) electrons. The number of anilines is 1. The molecule has 0 saturated heterocycles. The molecule has 0 fully saturated rings. The number of allylic oxidation sites excluding steroid dienone is 1. The van der Waals surface area contributed by atoms with Crippen molar-refractivity contribution in [3.05, 3.63) is 82.0 Å². The number of nitrogens with zero attached hydrogens (tertiary/aromatic N) is 1. The predicted molar refractivity (Wildman–Crippen MR) is 103 cm³/mol. The van der Waals surface area contributed by atoms with Crippen molar-refractivity contribution in [2.24, 2.45) is 0 Å². The molecule has 1 aliphatic rings. The van der Waals surface area contributed by atoms with Gasteiger partial charge in [-0.2, -0.15) is 0 Å². The quantitative estimate of drug-likeness (QED) is 0.585. The maximum absolute atomic E-state index is 13.1. The number of benzene rings is 2. The van der Waals surface area contributed by atoms with Crippen LogP contribution in [0, 0.1) is 0 Å². The van der Waals surface area contributed by atoms with Gasteiger partial charge in [-0.3, -0.25) is 9.69 Å². The molecule has 2 aromatic carbocycles. The molecule has 0 aliphatic carbocycles. The van der Waals surface area contributed by atoms with E-state index in [1.807, 2.05) is 30.3 Å². The maximum Gasteiger partial charge on any atom is 0.340 e. The molecule has 1 amide bonds. The number of amides is 1. The summed E-state index contributed by atoms with van der Waals surface area (Å²) in [5, 5.41) is 0.605. The van der Waals surface area contributed by atoms with Crippen LogP contribution in [-0.4, -0.2) is 18.5 Å². The zero-order chi connectivity index (χ0) is 18.7. The van der Waals surface area contributed by atoms with Crippen molar-refractivity contribution in [1.29, 1.82) is 0 Å². The SMILES string of the molecule is CCOC(=O)C1=C(C)N(c2ccccc2)C(=O)/C1=C\c1ccc(Cl)cc1. The second-order valence-corrected chi connectivity index (χ2v) is 6.20. The zero-order valence-electron chi connectivity index (χ0n) is 14.5. The highest BCUT2D eigenvalue weighted by Gasteiger charge is 2.37. The molecule has 0 unspecified atom stereocenters. The van der Waals surface area contributed by atoms with E-state index in [0.29, 0.717) is 22.0 Å². The van der Waals surface area contributed by atoms with Crippen LogP contribution >= 0.6 is 11.6 Å². The van der Waals surface area contributed by atoms with Gasteiger partial charge < -0.3 is 4.74 Å².